The summed E-state index contributed by atoms with van der Waals surface area (Å²) in [5, 5.41) is 7.61. The molecule has 1 aromatic heterocycles. The van der Waals surface area contributed by atoms with E-state index in [4.69, 9.17) is 9.15 Å². The van der Waals surface area contributed by atoms with Gasteiger partial charge in [0.15, 0.2) is 17.3 Å². The van der Waals surface area contributed by atoms with Gasteiger partial charge >= 0.3 is 0 Å². The van der Waals surface area contributed by atoms with Gasteiger partial charge in [0.1, 0.15) is 15.6 Å². The second-order valence-electron chi connectivity index (χ2n) is 8.09. The standard InChI is InChI=1S/C21H33N3O4S.HI/c1-7-27-17-10-8-9-16-13-18(28-19(16)17)15(2)24-20(22-5)23-14-21(3,4)11-12-29(6,25)26;/h8-10,13,15H,7,11-12,14H2,1-6H3,(H2,22,23,24);1H. The van der Waals surface area contributed by atoms with Crippen molar-refractivity contribution in [1.82, 2.24) is 10.6 Å². The summed E-state index contributed by atoms with van der Waals surface area (Å²) < 4.78 is 34.6. The Bertz CT molecular complexity index is 954. The molecule has 1 aromatic carbocycles. The van der Waals surface area contributed by atoms with Gasteiger partial charge in [-0.25, -0.2) is 8.42 Å². The first-order valence-corrected chi connectivity index (χ1v) is 11.9. The Morgan fingerprint density at radius 3 is 2.63 bits per heavy atom. The van der Waals surface area contributed by atoms with Crippen molar-refractivity contribution < 1.29 is 17.6 Å². The molecule has 0 aliphatic heterocycles. The summed E-state index contributed by atoms with van der Waals surface area (Å²) in [6.45, 7) is 9.20. The number of nitrogens with one attached hydrogen (secondary N) is 2. The van der Waals surface area contributed by atoms with Crippen molar-refractivity contribution in [3.8, 4) is 5.75 Å². The lowest BCUT2D eigenvalue weighted by molar-refractivity contribution is 0.336. The first kappa shape index (κ1) is 26.5. The molecule has 2 rings (SSSR count). The van der Waals surface area contributed by atoms with Crippen LogP contribution < -0.4 is 15.4 Å². The van der Waals surface area contributed by atoms with Gasteiger partial charge in [0, 0.05) is 25.2 Å². The highest BCUT2D eigenvalue weighted by Gasteiger charge is 2.21. The van der Waals surface area contributed by atoms with Crippen LogP contribution in [0.4, 0.5) is 0 Å². The topological polar surface area (TPSA) is 92.9 Å². The average molecular weight is 551 g/mol. The number of hydrogen-bond donors (Lipinski definition) is 2. The summed E-state index contributed by atoms with van der Waals surface area (Å²) in [6, 6.07) is 7.73. The minimum Gasteiger partial charge on any atom is -0.490 e. The molecule has 1 unspecified atom stereocenters. The zero-order chi connectivity index (χ0) is 21.7. The first-order chi connectivity index (χ1) is 13.5. The van der Waals surface area contributed by atoms with Crippen molar-refractivity contribution in [2.24, 2.45) is 10.4 Å². The molecule has 0 fully saturated rings. The van der Waals surface area contributed by atoms with E-state index in [1.165, 1.54) is 6.26 Å². The molecule has 170 valence electrons. The van der Waals surface area contributed by atoms with Gasteiger partial charge in [-0.05, 0) is 37.8 Å². The highest BCUT2D eigenvalue weighted by atomic mass is 127. The number of benzene rings is 1. The minimum absolute atomic E-state index is 0. The Balaban J connectivity index is 0.00000450. The predicted octanol–water partition coefficient (Wildman–Crippen LogP) is 4.14. The number of fused-ring (bicyclic) bond motifs is 1. The molecule has 0 spiro atoms. The van der Waals surface area contributed by atoms with E-state index in [9.17, 15) is 8.42 Å². The number of sulfone groups is 1. The van der Waals surface area contributed by atoms with Crippen LogP contribution in [-0.4, -0.2) is 46.6 Å². The van der Waals surface area contributed by atoms with Crippen LogP contribution in [0.5, 0.6) is 5.75 Å². The van der Waals surface area contributed by atoms with Gasteiger partial charge in [-0.2, -0.15) is 0 Å². The third-order valence-corrected chi connectivity index (χ3v) is 5.66. The number of hydrogen-bond acceptors (Lipinski definition) is 5. The Kier molecular flexibility index (Phi) is 9.93. The maximum atomic E-state index is 11.4. The van der Waals surface area contributed by atoms with E-state index in [1.807, 2.05) is 52.0 Å². The van der Waals surface area contributed by atoms with E-state index in [0.29, 0.717) is 25.5 Å². The van der Waals surface area contributed by atoms with Gasteiger partial charge in [0.25, 0.3) is 0 Å². The molecule has 2 N–H and O–H groups in total. The summed E-state index contributed by atoms with van der Waals surface area (Å²) in [5.74, 6) is 2.33. The zero-order valence-corrected chi connectivity index (χ0v) is 21.8. The van der Waals surface area contributed by atoms with Crippen LogP contribution in [0.15, 0.2) is 33.7 Å². The van der Waals surface area contributed by atoms with Crippen LogP contribution in [0.1, 0.15) is 45.9 Å². The van der Waals surface area contributed by atoms with Crippen LogP contribution in [-0.2, 0) is 9.84 Å². The summed E-state index contributed by atoms with van der Waals surface area (Å²) in [6.07, 6.45) is 1.85. The average Bonchev–Trinajstić information content (AvgIpc) is 3.09. The van der Waals surface area contributed by atoms with Gasteiger partial charge in [0.05, 0.1) is 18.4 Å². The van der Waals surface area contributed by atoms with Gasteiger partial charge in [0.2, 0.25) is 0 Å². The van der Waals surface area contributed by atoms with Gasteiger partial charge < -0.3 is 19.8 Å². The van der Waals surface area contributed by atoms with Crippen LogP contribution >= 0.6 is 24.0 Å². The number of halogens is 1. The third-order valence-electron chi connectivity index (χ3n) is 4.71. The van der Waals surface area contributed by atoms with Gasteiger partial charge in [-0.1, -0.05) is 26.0 Å². The van der Waals surface area contributed by atoms with Crippen molar-refractivity contribution in [3.63, 3.8) is 0 Å². The molecule has 0 amide bonds. The van der Waals surface area contributed by atoms with E-state index in [-0.39, 0.29) is 41.2 Å². The number of para-hydroxylation sites is 1. The number of furan rings is 1. The van der Waals surface area contributed by atoms with Crippen molar-refractivity contribution in [2.45, 2.75) is 40.2 Å². The van der Waals surface area contributed by atoms with E-state index < -0.39 is 9.84 Å². The molecule has 1 heterocycles. The monoisotopic (exact) mass is 551 g/mol. The Morgan fingerprint density at radius 1 is 1.33 bits per heavy atom. The highest BCUT2D eigenvalue weighted by molar-refractivity contribution is 14.0. The molecular formula is C21H34IN3O4S. The smallest absolute Gasteiger partial charge is 0.191 e. The number of guanidine groups is 1. The number of aliphatic imine (C=N–C) groups is 1. The lowest BCUT2D eigenvalue weighted by Gasteiger charge is -2.26. The molecule has 9 heteroatoms. The van der Waals surface area contributed by atoms with E-state index in [1.54, 1.807) is 7.05 Å². The summed E-state index contributed by atoms with van der Waals surface area (Å²) in [4.78, 5) is 4.28. The summed E-state index contributed by atoms with van der Waals surface area (Å²) >= 11 is 0. The summed E-state index contributed by atoms with van der Waals surface area (Å²) in [5.41, 5.74) is 0.554. The second kappa shape index (κ2) is 11.2. The molecule has 0 saturated carbocycles. The van der Waals surface area contributed by atoms with Gasteiger partial charge in [-0.15, -0.1) is 24.0 Å². The summed E-state index contributed by atoms with van der Waals surface area (Å²) in [7, 11) is -1.27. The predicted molar refractivity (Wildman–Crippen MR) is 134 cm³/mol. The lowest BCUT2D eigenvalue weighted by Crippen LogP contribution is -2.43. The van der Waals surface area contributed by atoms with Crippen LogP contribution in [0.3, 0.4) is 0 Å². The SMILES string of the molecule is CCOc1cccc2cc(C(C)NC(=NC)NCC(C)(C)CCS(C)(=O)=O)oc12.I. The molecule has 0 aliphatic carbocycles. The number of nitrogens with zero attached hydrogens (tertiary/aromatic N) is 1. The fraction of sp³-hybridized carbons (Fsp3) is 0.571. The molecule has 0 saturated heterocycles. The fourth-order valence-electron chi connectivity index (χ4n) is 2.88. The van der Waals surface area contributed by atoms with Crippen molar-refractivity contribution in [2.75, 3.05) is 32.2 Å². The lowest BCUT2D eigenvalue weighted by atomic mass is 9.90. The quantitative estimate of drug-likeness (QED) is 0.277. The second-order valence-corrected chi connectivity index (χ2v) is 10.4. The van der Waals surface area contributed by atoms with E-state index in [0.717, 1.165) is 22.5 Å². The molecule has 2 aromatic rings. The van der Waals surface area contributed by atoms with Crippen molar-refractivity contribution >= 4 is 50.7 Å². The fourth-order valence-corrected chi connectivity index (χ4v) is 3.81. The molecule has 7 nitrogen and oxygen atoms in total. The van der Waals surface area contributed by atoms with Crippen LogP contribution in [0, 0.1) is 5.41 Å². The molecular weight excluding hydrogens is 517 g/mol. The van der Waals surface area contributed by atoms with Crippen molar-refractivity contribution in [3.05, 3.63) is 30.0 Å². The molecule has 0 bridgehead atoms. The highest BCUT2D eigenvalue weighted by Crippen LogP contribution is 2.31. The van der Waals surface area contributed by atoms with Crippen molar-refractivity contribution in [1.29, 1.82) is 0 Å². The number of ether oxygens (including phenoxy) is 1. The maximum absolute atomic E-state index is 11.4. The molecule has 30 heavy (non-hydrogen) atoms. The Labute approximate surface area is 197 Å². The molecule has 0 radical (unpaired) electrons. The Hall–Kier alpha value is -1.49. The van der Waals surface area contributed by atoms with E-state index >= 15 is 0 Å². The maximum Gasteiger partial charge on any atom is 0.191 e. The first-order valence-electron chi connectivity index (χ1n) is 9.85. The van der Waals surface area contributed by atoms with Gasteiger partial charge in [-0.3, -0.25) is 4.99 Å². The Morgan fingerprint density at radius 2 is 2.03 bits per heavy atom. The third kappa shape index (κ3) is 7.98. The molecule has 1 atom stereocenters. The minimum atomic E-state index is -2.97. The van der Waals surface area contributed by atoms with Crippen LogP contribution in [0.25, 0.3) is 11.0 Å². The largest absolute Gasteiger partial charge is 0.490 e. The van der Waals surface area contributed by atoms with Crippen LogP contribution in [0.2, 0.25) is 0 Å². The van der Waals surface area contributed by atoms with E-state index in [2.05, 4.69) is 15.6 Å². The normalized spacial score (nSPS) is 13.6. The number of rotatable bonds is 9. The molecule has 0 aliphatic rings. The zero-order valence-electron chi connectivity index (χ0n) is 18.6.